The molecule has 1 aromatic carbocycles. The summed E-state index contributed by atoms with van der Waals surface area (Å²) in [6.07, 6.45) is 0. The van der Waals surface area contributed by atoms with Crippen LogP contribution in [0.5, 0.6) is 0 Å². The third kappa shape index (κ3) is 3.05. The highest BCUT2D eigenvalue weighted by molar-refractivity contribution is 6.31. The van der Waals surface area contributed by atoms with Gasteiger partial charge in [0.05, 0.1) is 0 Å². The van der Waals surface area contributed by atoms with E-state index in [1.165, 1.54) is 5.56 Å². The predicted molar refractivity (Wildman–Crippen MR) is 78.0 cm³/mol. The lowest BCUT2D eigenvalue weighted by molar-refractivity contribution is 0.208. The molecule has 1 unspecified atom stereocenters. The molecular formula is C15H23ClN2. The van der Waals surface area contributed by atoms with Gasteiger partial charge in [0.25, 0.3) is 0 Å². The fraction of sp³-hybridized carbons (Fsp3) is 0.600. The maximum atomic E-state index is 6.27. The SMILES string of the molecule is CC(c1ccccc1Cl)N(C)C[C@@H]1CNC[C@H]1C. The van der Waals surface area contributed by atoms with Gasteiger partial charge in [0.2, 0.25) is 0 Å². The number of hydrogen-bond donors (Lipinski definition) is 1. The van der Waals surface area contributed by atoms with Crippen LogP contribution in [0.15, 0.2) is 24.3 Å². The first kappa shape index (κ1) is 13.9. The van der Waals surface area contributed by atoms with E-state index in [1.807, 2.05) is 12.1 Å². The molecule has 18 heavy (non-hydrogen) atoms. The quantitative estimate of drug-likeness (QED) is 0.901. The average Bonchev–Trinajstić information content (AvgIpc) is 2.75. The van der Waals surface area contributed by atoms with Crippen molar-refractivity contribution in [3.8, 4) is 0 Å². The van der Waals surface area contributed by atoms with Crippen LogP contribution in [0.1, 0.15) is 25.5 Å². The molecule has 2 rings (SSSR count). The van der Waals surface area contributed by atoms with Gasteiger partial charge in [0.15, 0.2) is 0 Å². The summed E-state index contributed by atoms with van der Waals surface area (Å²) < 4.78 is 0. The molecule has 100 valence electrons. The second kappa shape index (κ2) is 6.05. The third-order valence-corrected chi connectivity index (χ3v) is 4.56. The topological polar surface area (TPSA) is 15.3 Å². The first-order valence-electron chi connectivity index (χ1n) is 6.75. The second-order valence-corrected chi connectivity index (χ2v) is 5.94. The molecule has 2 nitrogen and oxygen atoms in total. The van der Waals surface area contributed by atoms with Crippen molar-refractivity contribution in [1.29, 1.82) is 0 Å². The van der Waals surface area contributed by atoms with Crippen LogP contribution in [-0.4, -0.2) is 31.6 Å². The van der Waals surface area contributed by atoms with Crippen molar-refractivity contribution in [1.82, 2.24) is 10.2 Å². The minimum atomic E-state index is 0.367. The molecule has 1 aliphatic heterocycles. The van der Waals surface area contributed by atoms with Gasteiger partial charge in [-0.25, -0.2) is 0 Å². The Balaban J connectivity index is 2.00. The summed E-state index contributed by atoms with van der Waals surface area (Å²) >= 11 is 6.27. The maximum Gasteiger partial charge on any atom is 0.0453 e. The maximum absolute atomic E-state index is 6.27. The summed E-state index contributed by atoms with van der Waals surface area (Å²) in [4.78, 5) is 2.41. The van der Waals surface area contributed by atoms with Crippen molar-refractivity contribution in [3.63, 3.8) is 0 Å². The smallest absolute Gasteiger partial charge is 0.0453 e. The molecule has 0 amide bonds. The number of hydrogen-bond acceptors (Lipinski definition) is 2. The van der Waals surface area contributed by atoms with Crippen LogP contribution in [0.3, 0.4) is 0 Å². The molecule has 1 N–H and O–H groups in total. The highest BCUT2D eigenvalue weighted by Crippen LogP contribution is 2.28. The van der Waals surface area contributed by atoms with Crippen molar-refractivity contribution in [2.24, 2.45) is 11.8 Å². The van der Waals surface area contributed by atoms with Crippen LogP contribution >= 0.6 is 11.6 Å². The fourth-order valence-corrected chi connectivity index (χ4v) is 2.98. The van der Waals surface area contributed by atoms with Gasteiger partial charge >= 0.3 is 0 Å². The minimum absolute atomic E-state index is 0.367. The van der Waals surface area contributed by atoms with Crippen LogP contribution in [-0.2, 0) is 0 Å². The van der Waals surface area contributed by atoms with Gasteiger partial charge in [-0.1, -0.05) is 36.7 Å². The molecule has 1 aliphatic rings. The van der Waals surface area contributed by atoms with Gasteiger partial charge in [0.1, 0.15) is 0 Å². The average molecular weight is 267 g/mol. The van der Waals surface area contributed by atoms with Crippen molar-refractivity contribution in [2.45, 2.75) is 19.9 Å². The van der Waals surface area contributed by atoms with Gasteiger partial charge in [-0.15, -0.1) is 0 Å². The lowest BCUT2D eigenvalue weighted by Crippen LogP contribution is -2.31. The Morgan fingerprint density at radius 1 is 1.39 bits per heavy atom. The minimum Gasteiger partial charge on any atom is -0.316 e. The van der Waals surface area contributed by atoms with Crippen molar-refractivity contribution < 1.29 is 0 Å². The number of nitrogens with zero attached hydrogens (tertiary/aromatic N) is 1. The van der Waals surface area contributed by atoms with E-state index in [1.54, 1.807) is 0 Å². The van der Waals surface area contributed by atoms with Crippen molar-refractivity contribution in [3.05, 3.63) is 34.9 Å². The molecule has 1 fully saturated rings. The van der Waals surface area contributed by atoms with E-state index in [4.69, 9.17) is 11.6 Å². The molecule has 0 spiro atoms. The van der Waals surface area contributed by atoms with E-state index in [9.17, 15) is 0 Å². The van der Waals surface area contributed by atoms with E-state index in [0.29, 0.717) is 6.04 Å². The summed E-state index contributed by atoms with van der Waals surface area (Å²) in [6, 6.07) is 8.51. The number of nitrogens with one attached hydrogen (secondary N) is 1. The molecule has 1 heterocycles. The second-order valence-electron chi connectivity index (χ2n) is 5.53. The van der Waals surface area contributed by atoms with Crippen LogP contribution in [0.4, 0.5) is 0 Å². The van der Waals surface area contributed by atoms with Crippen LogP contribution in [0.25, 0.3) is 0 Å². The Morgan fingerprint density at radius 3 is 2.72 bits per heavy atom. The molecule has 0 bridgehead atoms. The molecule has 3 heteroatoms. The van der Waals surface area contributed by atoms with Gasteiger partial charge in [-0.3, -0.25) is 4.90 Å². The lowest BCUT2D eigenvalue weighted by Gasteiger charge is -2.29. The number of benzene rings is 1. The molecular weight excluding hydrogens is 244 g/mol. The largest absolute Gasteiger partial charge is 0.316 e. The normalized spacial score (nSPS) is 25.6. The van der Waals surface area contributed by atoms with Crippen LogP contribution in [0.2, 0.25) is 5.02 Å². The molecule has 3 atom stereocenters. The molecule has 1 aromatic rings. The van der Waals surface area contributed by atoms with E-state index < -0.39 is 0 Å². The van der Waals surface area contributed by atoms with Gasteiger partial charge in [0, 0.05) is 17.6 Å². The van der Waals surface area contributed by atoms with E-state index in [0.717, 1.165) is 36.5 Å². The van der Waals surface area contributed by atoms with Gasteiger partial charge < -0.3 is 5.32 Å². The van der Waals surface area contributed by atoms with Gasteiger partial charge in [-0.05, 0) is 50.5 Å². The fourth-order valence-electron chi connectivity index (χ4n) is 2.69. The Morgan fingerprint density at radius 2 is 2.11 bits per heavy atom. The molecule has 0 aromatic heterocycles. The van der Waals surface area contributed by atoms with E-state index >= 15 is 0 Å². The molecule has 0 saturated carbocycles. The predicted octanol–water partition coefficient (Wildman–Crippen LogP) is 3.19. The van der Waals surface area contributed by atoms with E-state index in [-0.39, 0.29) is 0 Å². The number of halogens is 1. The summed E-state index contributed by atoms with van der Waals surface area (Å²) in [5.74, 6) is 1.52. The summed E-state index contributed by atoms with van der Waals surface area (Å²) in [6.45, 7) is 7.98. The first-order chi connectivity index (χ1) is 8.59. The highest BCUT2D eigenvalue weighted by Gasteiger charge is 2.26. The van der Waals surface area contributed by atoms with Crippen molar-refractivity contribution in [2.75, 3.05) is 26.7 Å². The van der Waals surface area contributed by atoms with Gasteiger partial charge in [-0.2, -0.15) is 0 Å². The Bertz CT molecular complexity index is 394. The van der Waals surface area contributed by atoms with Crippen LogP contribution < -0.4 is 5.32 Å². The summed E-state index contributed by atoms with van der Waals surface area (Å²) in [7, 11) is 2.19. The lowest BCUT2D eigenvalue weighted by atomic mass is 9.96. The van der Waals surface area contributed by atoms with Crippen LogP contribution in [0, 0.1) is 11.8 Å². The molecule has 0 radical (unpaired) electrons. The third-order valence-electron chi connectivity index (χ3n) is 4.22. The zero-order valence-electron chi connectivity index (χ0n) is 11.5. The first-order valence-corrected chi connectivity index (χ1v) is 7.12. The van der Waals surface area contributed by atoms with E-state index in [2.05, 4.69) is 43.2 Å². The zero-order chi connectivity index (χ0) is 13.1. The highest BCUT2D eigenvalue weighted by atomic mass is 35.5. The zero-order valence-corrected chi connectivity index (χ0v) is 12.2. The molecule has 0 aliphatic carbocycles. The Labute approximate surface area is 115 Å². The Kier molecular flexibility index (Phi) is 4.66. The standard InChI is InChI=1S/C15H23ClN2/c1-11-8-17-9-13(11)10-18(3)12(2)14-6-4-5-7-15(14)16/h4-7,11-13,17H,8-10H2,1-3H3/t11-,12?,13+/m1/s1. The van der Waals surface area contributed by atoms with Crippen molar-refractivity contribution >= 4 is 11.6 Å². The monoisotopic (exact) mass is 266 g/mol. The summed E-state index contributed by atoms with van der Waals surface area (Å²) in [5, 5.41) is 4.33. The number of rotatable bonds is 4. The summed E-state index contributed by atoms with van der Waals surface area (Å²) in [5.41, 5.74) is 1.22. The Hall–Kier alpha value is -0.570. The molecule has 1 saturated heterocycles.